The highest BCUT2D eigenvalue weighted by Gasteiger charge is 2.12. The quantitative estimate of drug-likeness (QED) is 0.753. The van der Waals surface area contributed by atoms with Crippen LogP contribution < -0.4 is 11.1 Å². The molecule has 3 N–H and O–H groups in total. The highest BCUT2D eigenvalue weighted by Crippen LogP contribution is 2.19. The first-order valence-corrected chi connectivity index (χ1v) is 6.36. The molecule has 2 heterocycles. The van der Waals surface area contributed by atoms with Gasteiger partial charge in [-0.1, -0.05) is 23.4 Å². The van der Waals surface area contributed by atoms with Crippen LogP contribution >= 0.6 is 0 Å². The molecule has 0 atom stereocenters. The van der Waals surface area contributed by atoms with Gasteiger partial charge in [-0.05, 0) is 19.1 Å². The number of para-hydroxylation sites is 1. The SMILES string of the molecule is Cc1noc(CNC(=O)c2cc(N)c3ccccc3n2)n1. The number of fused-ring (bicyclic) bond motifs is 1. The fraction of sp³-hybridized carbons (Fsp3) is 0.143. The second-order valence-corrected chi connectivity index (χ2v) is 4.53. The molecule has 0 bridgehead atoms. The topological polar surface area (TPSA) is 107 Å². The summed E-state index contributed by atoms with van der Waals surface area (Å²) in [4.78, 5) is 20.4. The lowest BCUT2D eigenvalue weighted by Gasteiger charge is -2.06. The monoisotopic (exact) mass is 283 g/mol. The highest BCUT2D eigenvalue weighted by molar-refractivity contribution is 5.99. The number of aryl methyl sites for hydroxylation is 1. The van der Waals surface area contributed by atoms with E-state index in [-0.39, 0.29) is 18.1 Å². The average molecular weight is 283 g/mol. The standard InChI is InChI=1S/C14H13N5O2/c1-8-17-13(21-19-8)7-16-14(20)12-6-10(15)9-4-2-3-5-11(9)18-12/h2-6H,7H2,1H3,(H2,15,18)(H,16,20). The molecule has 0 aliphatic rings. The number of carbonyl (C=O) groups excluding carboxylic acids is 1. The van der Waals surface area contributed by atoms with Crippen molar-refractivity contribution < 1.29 is 9.32 Å². The van der Waals surface area contributed by atoms with Gasteiger partial charge in [-0.3, -0.25) is 4.79 Å². The Hall–Kier alpha value is -2.96. The first-order valence-electron chi connectivity index (χ1n) is 6.36. The number of rotatable bonds is 3. The minimum atomic E-state index is -0.344. The summed E-state index contributed by atoms with van der Waals surface area (Å²) in [6, 6.07) is 8.94. The van der Waals surface area contributed by atoms with Crippen molar-refractivity contribution in [3.05, 3.63) is 47.7 Å². The minimum Gasteiger partial charge on any atom is -0.398 e. The van der Waals surface area contributed by atoms with E-state index in [0.29, 0.717) is 22.9 Å². The van der Waals surface area contributed by atoms with Crippen molar-refractivity contribution in [3.63, 3.8) is 0 Å². The molecule has 7 heteroatoms. The molecule has 0 spiro atoms. The van der Waals surface area contributed by atoms with Crippen LogP contribution in [0.4, 0.5) is 5.69 Å². The molecule has 21 heavy (non-hydrogen) atoms. The number of anilines is 1. The van der Waals surface area contributed by atoms with E-state index < -0.39 is 0 Å². The van der Waals surface area contributed by atoms with Gasteiger partial charge in [-0.25, -0.2) is 4.98 Å². The van der Waals surface area contributed by atoms with Gasteiger partial charge >= 0.3 is 0 Å². The molecule has 0 aliphatic carbocycles. The Morgan fingerprint density at radius 3 is 2.90 bits per heavy atom. The number of hydrogen-bond donors (Lipinski definition) is 2. The van der Waals surface area contributed by atoms with Crippen LogP contribution in [0.5, 0.6) is 0 Å². The lowest BCUT2D eigenvalue weighted by atomic mass is 10.1. The van der Waals surface area contributed by atoms with Gasteiger partial charge in [0.05, 0.1) is 12.1 Å². The maximum absolute atomic E-state index is 12.1. The van der Waals surface area contributed by atoms with Gasteiger partial charge in [0, 0.05) is 11.1 Å². The molecule has 7 nitrogen and oxygen atoms in total. The van der Waals surface area contributed by atoms with E-state index in [1.807, 2.05) is 24.3 Å². The predicted octanol–water partition coefficient (Wildman–Crippen LogP) is 1.44. The minimum absolute atomic E-state index is 0.147. The zero-order chi connectivity index (χ0) is 14.8. The van der Waals surface area contributed by atoms with Crippen molar-refractivity contribution >= 4 is 22.5 Å². The van der Waals surface area contributed by atoms with Gasteiger partial charge in [0.1, 0.15) is 5.69 Å². The predicted molar refractivity (Wildman–Crippen MR) is 76.4 cm³/mol. The number of pyridine rings is 1. The molecule has 0 radical (unpaired) electrons. The third kappa shape index (κ3) is 2.66. The number of carbonyl (C=O) groups is 1. The summed E-state index contributed by atoms with van der Waals surface area (Å²) in [5.41, 5.74) is 7.39. The second kappa shape index (κ2) is 5.20. The summed E-state index contributed by atoms with van der Waals surface area (Å²) in [6.45, 7) is 1.86. The Kier molecular flexibility index (Phi) is 3.23. The molecule has 0 aliphatic heterocycles. The molecular weight excluding hydrogens is 270 g/mol. The fourth-order valence-corrected chi connectivity index (χ4v) is 1.98. The number of nitrogens with one attached hydrogen (secondary N) is 1. The van der Waals surface area contributed by atoms with Gasteiger partial charge in [0.2, 0.25) is 5.89 Å². The summed E-state index contributed by atoms with van der Waals surface area (Å²) in [5, 5.41) is 7.14. The van der Waals surface area contributed by atoms with E-state index in [9.17, 15) is 4.79 Å². The smallest absolute Gasteiger partial charge is 0.270 e. The van der Waals surface area contributed by atoms with E-state index in [1.165, 1.54) is 0 Å². The van der Waals surface area contributed by atoms with E-state index in [4.69, 9.17) is 10.3 Å². The molecule has 3 aromatic rings. The molecule has 0 saturated carbocycles. The maximum Gasteiger partial charge on any atom is 0.270 e. The van der Waals surface area contributed by atoms with Crippen LogP contribution in [0.25, 0.3) is 10.9 Å². The van der Waals surface area contributed by atoms with Crippen LogP contribution in [0.15, 0.2) is 34.9 Å². The van der Waals surface area contributed by atoms with Crippen molar-refractivity contribution in [2.24, 2.45) is 0 Å². The number of nitrogens with two attached hydrogens (primary N) is 1. The van der Waals surface area contributed by atoms with Gasteiger partial charge < -0.3 is 15.6 Å². The van der Waals surface area contributed by atoms with Crippen molar-refractivity contribution in [1.29, 1.82) is 0 Å². The average Bonchev–Trinajstić information content (AvgIpc) is 2.90. The van der Waals surface area contributed by atoms with Gasteiger partial charge in [-0.2, -0.15) is 4.98 Å². The first kappa shape index (κ1) is 13.0. The van der Waals surface area contributed by atoms with Crippen LogP contribution in [0, 0.1) is 6.92 Å². The number of nitrogen functional groups attached to an aromatic ring is 1. The Balaban J connectivity index is 1.81. The Labute approximate surface area is 120 Å². The molecule has 2 aromatic heterocycles. The Morgan fingerprint density at radius 1 is 1.33 bits per heavy atom. The number of hydrogen-bond acceptors (Lipinski definition) is 6. The molecule has 3 rings (SSSR count). The van der Waals surface area contributed by atoms with Crippen molar-refractivity contribution in [3.8, 4) is 0 Å². The number of nitrogens with zero attached hydrogens (tertiary/aromatic N) is 3. The van der Waals surface area contributed by atoms with Crippen molar-refractivity contribution in [2.45, 2.75) is 13.5 Å². The maximum atomic E-state index is 12.1. The summed E-state index contributed by atoms with van der Waals surface area (Å²) in [6.07, 6.45) is 0. The van der Waals surface area contributed by atoms with E-state index in [0.717, 1.165) is 5.39 Å². The summed E-state index contributed by atoms with van der Waals surface area (Å²) < 4.78 is 4.92. The number of aromatic nitrogens is 3. The van der Waals surface area contributed by atoms with Gasteiger partial charge in [0.25, 0.3) is 5.91 Å². The van der Waals surface area contributed by atoms with Crippen LogP contribution in [-0.2, 0) is 6.54 Å². The first-order chi connectivity index (χ1) is 10.1. The van der Waals surface area contributed by atoms with Crippen molar-refractivity contribution in [1.82, 2.24) is 20.4 Å². The molecule has 106 valence electrons. The van der Waals surface area contributed by atoms with Gasteiger partial charge in [-0.15, -0.1) is 0 Å². The summed E-state index contributed by atoms with van der Waals surface area (Å²) >= 11 is 0. The zero-order valence-corrected chi connectivity index (χ0v) is 11.3. The number of benzene rings is 1. The van der Waals surface area contributed by atoms with E-state index in [2.05, 4.69) is 20.4 Å². The second-order valence-electron chi connectivity index (χ2n) is 4.53. The molecule has 0 unspecified atom stereocenters. The molecule has 0 saturated heterocycles. The third-order valence-electron chi connectivity index (χ3n) is 2.95. The van der Waals surface area contributed by atoms with Crippen LogP contribution in [0.3, 0.4) is 0 Å². The molecule has 1 amide bonds. The van der Waals surface area contributed by atoms with Crippen LogP contribution in [-0.4, -0.2) is 21.0 Å². The van der Waals surface area contributed by atoms with E-state index in [1.54, 1.807) is 13.0 Å². The normalized spacial score (nSPS) is 10.7. The fourth-order valence-electron chi connectivity index (χ4n) is 1.98. The van der Waals surface area contributed by atoms with E-state index >= 15 is 0 Å². The molecule has 0 fully saturated rings. The van der Waals surface area contributed by atoms with Crippen molar-refractivity contribution in [2.75, 3.05) is 5.73 Å². The van der Waals surface area contributed by atoms with Gasteiger partial charge in [0.15, 0.2) is 5.82 Å². The lowest BCUT2D eigenvalue weighted by Crippen LogP contribution is -2.24. The zero-order valence-electron chi connectivity index (χ0n) is 11.3. The highest BCUT2D eigenvalue weighted by atomic mass is 16.5. The summed E-state index contributed by atoms with van der Waals surface area (Å²) in [7, 11) is 0. The van der Waals surface area contributed by atoms with Crippen LogP contribution in [0.2, 0.25) is 0 Å². The third-order valence-corrected chi connectivity index (χ3v) is 2.95. The molecular formula is C14H13N5O2. The summed E-state index contributed by atoms with van der Waals surface area (Å²) in [5.74, 6) is 0.519. The largest absolute Gasteiger partial charge is 0.398 e. The van der Waals surface area contributed by atoms with Crippen LogP contribution in [0.1, 0.15) is 22.2 Å². The Morgan fingerprint density at radius 2 is 2.14 bits per heavy atom. The molecule has 1 aromatic carbocycles. The number of amides is 1. The Bertz CT molecular complexity index is 812. The lowest BCUT2D eigenvalue weighted by molar-refractivity contribution is 0.0941.